The summed E-state index contributed by atoms with van der Waals surface area (Å²) in [7, 11) is 0. The molecule has 2 aliphatic carbocycles. The highest BCUT2D eigenvalue weighted by Crippen LogP contribution is 2.41. The number of carbonyl (C=O) groups is 1. The molecule has 0 saturated heterocycles. The van der Waals surface area contributed by atoms with Gasteiger partial charge in [0.05, 0.1) is 6.42 Å². The maximum absolute atomic E-state index is 10.5. The van der Waals surface area contributed by atoms with Crippen molar-refractivity contribution in [2.75, 3.05) is 0 Å². The number of fused-ring (bicyclic) bond motifs is 1. The van der Waals surface area contributed by atoms with Gasteiger partial charge in [0.25, 0.3) is 0 Å². The minimum atomic E-state index is -0.676. The second-order valence-electron chi connectivity index (χ2n) is 4.31. The number of hydrogen-bond acceptors (Lipinski definition) is 1. The van der Waals surface area contributed by atoms with Gasteiger partial charge in [-0.2, -0.15) is 0 Å². The zero-order valence-electron chi connectivity index (χ0n) is 7.83. The van der Waals surface area contributed by atoms with Gasteiger partial charge in [-0.25, -0.2) is 0 Å². The normalized spacial score (nSPS) is 32.5. The number of carboxylic acid groups (broad SMARTS) is 1. The standard InChI is InChI=1S/C11H16O2/c12-11(13)7-8-5-9-3-1-2-4-10(9)6-8/h5,9-10H,1-4,6-7H2,(H,12,13)/t9-,10-/m1/s1. The van der Waals surface area contributed by atoms with Gasteiger partial charge in [-0.15, -0.1) is 0 Å². The molecule has 72 valence electrons. The summed E-state index contributed by atoms with van der Waals surface area (Å²) in [5.41, 5.74) is 1.17. The van der Waals surface area contributed by atoms with E-state index in [2.05, 4.69) is 6.08 Å². The molecule has 2 aliphatic rings. The lowest BCUT2D eigenvalue weighted by Gasteiger charge is -2.24. The Bertz CT molecular complexity index is 242. The Labute approximate surface area is 78.6 Å². The molecular formula is C11H16O2. The number of hydrogen-bond donors (Lipinski definition) is 1. The predicted octanol–water partition coefficient (Wildman–Crippen LogP) is 2.60. The van der Waals surface area contributed by atoms with Crippen LogP contribution in [-0.4, -0.2) is 11.1 Å². The van der Waals surface area contributed by atoms with Gasteiger partial charge in [0.15, 0.2) is 0 Å². The van der Waals surface area contributed by atoms with E-state index in [1.807, 2.05) is 0 Å². The molecule has 0 bridgehead atoms. The highest BCUT2D eigenvalue weighted by Gasteiger charge is 2.29. The molecule has 2 rings (SSSR count). The molecule has 1 N–H and O–H groups in total. The van der Waals surface area contributed by atoms with Crippen LogP contribution >= 0.6 is 0 Å². The van der Waals surface area contributed by atoms with Crippen molar-refractivity contribution in [3.63, 3.8) is 0 Å². The van der Waals surface area contributed by atoms with E-state index in [1.165, 1.54) is 31.3 Å². The molecule has 0 amide bonds. The van der Waals surface area contributed by atoms with E-state index in [0.29, 0.717) is 5.92 Å². The largest absolute Gasteiger partial charge is 0.481 e. The summed E-state index contributed by atoms with van der Waals surface area (Å²) in [6.07, 6.45) is 8.83. The molecule has 2 atom stereocenters. The third-order valence-electron chi connectivity index (χ3n) is 3.32. The Hall–Kier alpha value is -0.790. The van der Waals surface area contributed by atoms with Crippen molar-refractivity contribution in [2.24, 2.45) is 11.8 Å². The van der Waals surface area contributed by atoms with Gasteiger partial charge in [-0.1, -0.05) is 24.5 Å². The highest BCUT2D eigenvalue weighted by molar-refractivity contribution is 5.70. The average molecular weight is 180 g/mol. The van der Waals surface area contributed by atoms with Crippen LogP contribution in [0, 0.1) is 11.8 Å². The maximum atomic E-state index is 10.5. The topological polar surface area (TPSA) is 37.3 Å². The molecular weight excluding hydrogens is 164 g/mol. The van der Waals surface area contributed by atoms with Gasteiger partial charge >= 0.3 is 5.97 Å². The van der Waals surface area contributed by atoms with E-state index in [9.17, 15) is 4.79 Å². The summed E-state index contributed by atoms with van der Waals surface area (Å²) >= 11 is 0. The van der Waals surface area contributed by atoms with Crippen LogP contribution in [0.15, 0.2) is 11.6 Å². The molecule has 0 aromatic rings. The first-order valence-corrected chi connectivity index (χ1v) is 5.17. The Morgan fingerprint density at radius 1 is 1.46 bits per heavy atom. The van der Waals surface area contributed by atoms with Crippen LogP contribution in [0.1, 0.15) is 38.5 Å². The third-order valence-corrected chi connectivity index (χ3v) is 3.32. The van der Waals surface area contributed by atoms with Crippen LogP contribution in [0.3, 0.4) is 0 Å². The van der Waals surface area contributed by atoms with E-state index < -0.39 is 5.97 Å². The quantitative estimate of drug-likeness (QED) is 0.663. The van der Waals surface area contributed by atoms with E-state index >= 15 is 0 Å². The summed E-state index contributed by atoms with van der Waals surface area (Å²) in [6.45, 7) is 0. The van der Waals surface area contributed by atoms with Crippen molar-refractivity contribution in [3.8, 4) is 0 Å². The molecule has 2 nitrogen and oxygen atoms in total. The van der Waals surface area contributed by atoms with Crippen molar-refractivity contribution < 1.29 is 9.90 Å². The van der Waals surface area contributed by atoms with Crippen LogP contribution in [0.5, 0.6) is 0 Å². The highest BCUT2D eigenvalue weighted by atomic mass is 16.4. The molecule has 0 unspecified atom stereocenters. The van der Waals surface area contributed by atoms with Crippen LogP contribution in [0.25, 0.3) is 0 Å². The molecule has 0 heterocycles. The summed E-state index contributed by atoms with van der Waals surface area (Å²) in [5, 5.41) is 8.67. The molecule has 1 saturated carbocycles. The number of rotatable bonds is 2. The molecule has 0 aromatic carbocycles. The molecule has 1 fully saturated rings. The fourth-order valence-corrected chi connectivity index (χ4v) is 2.74. The van der Waals surface area contributed by atoms with Crippen LogP contribution < -0.4 is 0 Å². The zero-order chi connectivity index (χ0) is 9.26. The van der Waals surface area contributed by atoms with Crippen molar-refractivity contribution in [3.05, 3.63) is 11.6 Å². The van der Waals surface area contributed by atoms with E-state index in [4.69, 9.17) is 5.11 Å². The molecule has 0 spiro atoms. The third kappa shape index (κ3) is 1.93. The Morgan fingerprint density at radius 2 is 2.23 bits per heavy atom. The van der Waals surface area contributed by atoms with E-state index in [0.717, 1.165) is 12.3 Å². The van der Waals surface area contributed by atoms with Gasteiger partial charge in [0.2, 0.25) is 0 Å². The minimum absolute atomic E-state index is 0.271. The minimum Gasteiger partial charge on any atom is -0.481 e. The van der Waals surface area contributed by atoms with Gasteiger partial charge in [-0.05, 0) is 31.1 Å². The monoisotopic (exact) mass is 180 g/mol. The van der Waals surface area contributed by atoms with Gasteiger partial charge < -0.3 is 5.11 Å². The first-order valence-electron chi connectivity index (χ1n) is 5.17. The van der Waals surface area contributed by atoms with Crippen LogP contribution in [0.2, 0.25) is 0 Å². The molecule has 0 radical (unpaired) electrons. The molecule has 0 aliphatic heterocycles. The summed E-state index contributed by atoms with van der Waals surface area (Å²) in [4.78, 5) is 10.5. The Kier molecular flexibility index (Phi) is 2.38. The van der Waals surface area contributed by atoms with Gasteiger partial charge in [0, 0.05) is 0 Å². The van der Waals surface area contributed by atoms with Crippen molar-refractivity contribution in [2.45, 2.75) is 38.5 Å². The lowest BCUT2D eigenvalue weighted by Crippen LogP contribution is -2.12. The SMILES string of the molecule is O=C(O)CC1=C[C@H]2CCCC[C@@H]2C1. The summed E-state index contributed by atoms with van der Waals surface area (Å²) < 4.78 is 0. The number of allylic oxidation sites excluding steroid dienone is 1. The number of carboxylic acids is 1. The Balaban J connectivity index is 1.97. The predicted molar refractivity (Wildman–Crippen MR) is 50.4 cm³/mol. The fourth-order valence-electron chi connectivity index (χ4n) is 2.74. The number of aliphatic carboxylic acids is 1. The average Bonchev–Trinajstić information content (AvgIpc) is 2.44. The van der Waals surface area contributed by atoms with Gasteiger partial charge in [0.1, 0.15) is 0 Å². The van der Waals surface area contributed by atoms with Crippen molar-refractivity contribution in [1.29, 1.82) is 0 Å². The van der Waals surface area contributed by atoms with E-state index in [1.54, 1.807) is 0 Å². The second-order valence-corrected chi connectivity index (χ2v) is 4.31. The molecule has 0 aromatic heterocycles. The van der Waals surface area contributed by atoms with Crippen molar-refractivity contribution in [1.82, 2.24) is 0 Å². The fraction of sp³-hybridized carbons (Fsp3) is 0.727. The first-order chi connectivity index (χ1) is 6.25. The Morgan fingerprint density at radius 3 is 2.92 bits per heavy atom. The second kappa shape index (κ2) is 3.52. The van der Waals surface area contributed by atoms with Crippen LogP contribution in [-0.2, 0) is 4.79 Å². The lowest BCUT2D eigenvalue weighted by atomic mass is 9.81. The van der Waals surface area contributed by atoms with Crippen LogP contribution in [0.4, 0.5) is 0 Å². The van der Waals surface area contributed by atoms with Gasteiger partial charge in [-0.3, -0.25) is 4.79 Å². The van der Waals surface area contributed by atoms with E-state index in [-0.39, 0.29) is 6.42 Å². The first kappa shape index (κ1) is 8.79. The molecule has 2 heteroatoms. The lowest BCUT2D eigenvalue weighted by molar-refractivity contribution is -0.136. The zero-order valence-corrected chi connectivity index (χ0v) is 7.83. The van der Waals surface area contributed by atoms with Crippen molar-refractivity contribution >= 4 is 5.97 Å². The molecule has 13 heavy (non-hydrogen) atoms. The summed E-state index contributed by atoms with van der Waals surface area (Å²) in [5.74, 6) is 0.816. The summed E-state index contributed by atoms with van der Waals surface area (Å²) in [6, 6.07) is 0. The maximum Gasteiger partial charge on any atom is 0.307 e. The smallest absolute Gasteiger partial charge is 0.307 e.